The second-order valence-corrected chi connectivity index (χ2v) is 5.56. The van der Waals surface area contributed by atoms with Crippen molar-refractivity contribution in [2.75, 3.05) is 26.4 Å². The molecular formula is C19H19NO6. The van der Waals surface area contributed by atoms with Crippen molar-refractivity contribution in [3.8, 4) is 17.2 Å². The van der Waals surface area contributed by atoms with Gasteiger partial charge in [0.15, 0.2) is 24.7 Å². The van der Waals surface area contributed by atoms with Gasteiger partial charge in [-0.3, -0.25) is 4.79 Å². The zero-order valence-corrected chi connectivity index (χ0v) is 14.1. The van der Waals surface area contributed by atoms with Crippen LogP contribution in [0.5, 0.6) is 17.2 Å². The molecule has 0 aromatic heterocycles. The summed E-state index contributed by atoms with van der Waals surface area (Å²) in [5.41, 5.74) is 0. The molecule has 0 saturated carbocycles. The average molecular weight is 357 g/mol. The highest BCUT2D eigenvalue weighted by Gasteiger charge is 2.21. The van der Waals surface area contributed by atoms with E-state index in [4.69, 9.17) is 18.9 Å². The zero-order chi connectivity index (χ0) is 18.2. The van der Waals surface area contributed by atoms with E-state index >= 15 is 0 Å². The number of hydrogen-bond acceptors (Lipinski definition) is 6. The lowest BCUT2D eigenvalue weighted by Gasteiger charge is -2.26. The molecule has 2 aromatic rings. The molecule has 0 radical (unpaired) electrons. The molecule has 7 nitrogen and oxygen atoms in total. The smallest absolute Gasteiger partial charge is 0.344 e. The molecule has 0 unspecified atom stereocenters. The molecule has 1 N–H and O–H groups in total. The van der Waals surface area contributed by atoms with E-state index in [1.807, 2.05) is 24.3 Å². The number of carbonyl (C=O) groups excluding carboxylic acids is 2. The summed E-state index contributed by atoms with van der Waals surface area (Å²) >= 11 is 0. The minimum atomic E-state index is -0.616. The Morgan fingerprint density at radius 1 is 1.00 bits per heavy atom. The van der Waals surface area contributed by atoms with Crippen LogP contribution in [-0.2, 0) is 14.3 Å². The maximum absolute atomic E-state index is 11.8. The van der Waals surface area contributed by atoms with Gasteiger partial charge in [0.05, 0.1) is 6.54 Å². The van der Waals surface area contributed by atoms with Crippen molar-refractivity contribution in [1.29, 1.82) is 0 Å². The predicted molar refractivity (Wildman–Crippen MR) is 92.3 cm³/mol. The van der Waals surface area contributed by atoms with E-state index in [1.54, 1.807) is 30.3 Å². The molecule has 1 atom stereocenters. The van der Waals surface area contributed by atoms with Gasteiger partial charge in [-0.05, 0) is 24.3 Å². The Labute approximate surface area is 150 Å². The summed E-state index contributed by atoms with van der Waals surface area (Å²) in [6.07, 6.45) is -0.300. The van der Waals surface area contributed by atoms with Gasteiger partial charge in [0.25, 0.3) is 5.91 Å². The minimum Gasteiger partial charge on any atom is -0.486 e. The summed E-state index contributed by atoms with van der Waals surface area (Å²) in [4.78, 5) is 23.4. The van der Waals surface area contributed by atoms with Crippen molar-refractivity contribution >= 4 is 11.9 Å². The fourth-order valence-electron chi connectivity index (χ4n) is 2.29. The van der Waals surface area contributed by atoms with Gasteiger partial charge in [-0.15, -0.1) is 0 Å². The van der Waals surface area contributed by atoms with Gasteiger partial charge < -0.3 is 24.3 Å². The van der Waals surface area contributed by atoms with Crippen LogP contribution >= 0.6 is 0 Å². The maximum Gasteiger partial charge on any atom is 0.344 e. The summed E-state index contributed by atoms with van der Waals surface area (Å²) in [5, 5.41) is 2.65. The van der Waals surface area contributed by atoms with Crippen molar-refractivity contribution in [3.05, 3.63) is 54.6 Å². The minimum absolute atomic E-state index is 0.255. The number of hydrogen-bond donors (Lipinski definition) is 1. The van der Waals surface area contributed by atoms with Crippen molar-refractivity contribution in [3.63, 3.8) is 0 Å². The first-order chi connectivity index (χ1) is 12.7. The molecule has 1 heterocycles. The molecule has 136 valence electrons. The lowest BCUT2D eigenvalue weighted by Crippen LogP contribution is -2.42. The highest BCUT2D eigenvalue weighted by molar-refractivity contribution is 5.80. The first-order valence-electron chi connectivity index (χ1n) is 8.19. The van der Waals surface area contributed by atoms with Gasteiger partial charge in [-0.25, -0.2) is 4.79 Å². The summed E-state index contributed by atoms with van der Waals surface area (Å²) in [6.45, 7) is -0.0397. The van der Waals surface area contributed by atoms with Crippen LogP contribution in [0.3, 0.4) is 0 Å². The van der Waals surface area contributed by atoms with E-state index in [0.29, 0.717) is 23.9 Å². The van der Waals surface area contributed by atoms with E-state index in [-0.39, 0.29) is 25.9 Å². The normalized spacial score (nSPS) is 15.0. The molecule has 7 heteroatoms. The lowest BCUT2D eigenvalue weighted by atomic mass is 10.2. The number of amides is 1. The van der Waals surface area contributed by atoms with Crippen molar-refractivity contribution in [2.24, 2.45) is 0 Å². The molecule has 1 aliphatic heterocycles. The number of esters is 1. The zero-order valence-electron chi connectivity index (χ0n) is 14.1. The maximum atomic E-state index is 11.8. The average Bonchev–Trinajstić information content (AvgIpc) is 2.69. The number of benzene rings is 2. The number of nitrogens with one attached hydrogen (secondary N) is 1. The summed E-state index contributed by atoms with van der Waals surface area (Å²) in [6, 6.07) is 16.2. The Kier molecular flexibility index (Phi) is 5.92. The number of para-hydroxylation sites is 3. The van der Waals surface area contributed by atoms with E-state index in [1.165, 1.54) is 0 Å². The molecule has 0 spiro atoms. The van der Waals surface area contributed by atoms with Crippen LogP contribution < -0.4 is 19.5 Å². The quantitative estimate of drug-likeness (QED) is 0.758. The molecule has 0 aliphatic carbocycles. The van der Waals surface area contributed by atoms with Gasteiger partial charge >= 0.3 is 5.97 Å². The van der Waals surface area contributed by atoms with E-state index in [9.17, 15) is 9.59 Å². The Morgan fingerprint density at radius 2 is 1.73 bits per heavy atom. The monoisotopic (exact) mass is 357 g/mol. The second kappa shape index (κ2) is 8.75. The molecule has 3 rings (SSSR count). The van der Waals surface area contributed by atoms with Crippen LogP contribution in [0, 0.1) is 0 Å². The fourth-order valence-corrected chi connectivity index (χ4v) is 2.29. The molecule has 1 aliphatic rings. The summed E-state index contributed by atoms with van der Waals surface area (Å²) in [7, 11) is 0. The topological polar surface area (TPSA) is 83.1 Å². The highest BCUT2D eigenvalue weighted by atomic mass is 16.6. The molecule has 0 bridgehead atoms. The second-order valence-electron chi connectivity index (χ2n) is 5.56. The lowest BCUT2D eigenvalue weighted by molar-refractivity contribution is -0.150. The standard InChI is InChI=1S/C19H19NO6/c21-18(12-25-19(22)13-23-14-6-2-1-3-7-14)20-10-15-11-24-16-8-4-5-9-17(16)26-15/h1-9,15H,10-13H2,(H,20,21)/t15-/m1/s1. The van der Waals surface area contributed by atoms with Crippen molar-refractivity contribution in [2.45, 2.75) is 6.10 Å². The molecule has 2 aromatic carbocycles. The Bertz CT molecular complexity index is 749. The third kappa shape index (κ3) is 5.14. The predicted octanol–water partition coefficient (Wildman–Crippen LogP) is 1.56. The van der Waals surface area contributed by atoms with Gasteiger partial charge in [0, 0.05) is 0 Å². The van der Waals surface area contributed by atoms with Gasteiger partial charge in [0.1, 0.15) is 18.5 Å². The fraction of sp³-hybridized carbons (Fsp3) is 0.263. The van der Waals surface area contributed by atoms with Crippen LogP contribution in [-0.4, -0.2) is 44.3 Å². The van der Waals surface area contributed by atoms with Gasteiger partial charge in [0.2, 0.25) is 0 Å². The van der Waals surface area contributed by atoms with Gasteiger partial charge in [-0.2, -0.15) is 0 Å². The van der Waals surface area contributed by atoms with Crippen LogP contribution in [0.4, 0.5) is 0 Å². The van der Waals surface area contributed by atoms with E-state index in [0.717, 1.165) is 0 Å². The number of carbonyl (C=O) groups is 2. The Hall–Kier alpha value is -3.22. The number of ether oxygens (including phenoxy) is 4. The molecular weight excluding hydrogens is 338 g/mol. The number of fused-ring (bicyclic) bond motifs is 1. The Morgan fingerprint density at radius 3 is 2.54 bits per heavy atom. The van der Waals surface area contributed by atoms with Gasteiger partial charge in [-0.1, -0.05) is 30.3 Å². The molecule has 26 heavy (non-hydrogen) atoms. The first kappa shape index (κ1) is 17.6. The van der Waals surface area contributed by atoms with E-state index < -0.39 is 11.9 Å². The van der Waals surface area contributed by atoms with E-state index in [2.05, 4.69) is 5.32 Å². The van der Waals surface area contributed by atoms with Crippen molar-refractivity contribution < 1.29 is 28.5 Å². The summed E-state index contributed by atoms with van der Waals surface area (Å²) in [5.74, 6) is 0.851. The van der Waals surface area contributed by atoms with Crippen LogP contribution in [0.2, 0.25) is 0 Å². The van der Waals surface area contributed by atoms with Crippen LogP contribution in [0.25, 0.3) is 0 Å². The molecule has 1 amide bonds. The SMILES string of the molecule is O=C(COC(=O)COc1ccccc1)NC[C@@H]1COc2ccccc2O1. The summed E-state index contributed by atoms with van der Waals surface area (Å²) < 4.78 is 21.4. The van der Waals surface area contributed by atoms with Crippen LogP contribution in [0.15, 0.2) is 54.6 Å². The first-order valence-corrected chi connectivity index (χ1v) is 8.19. The third-order valence-corrected chi connectivity index (χ3v) is 3.56. The van der Waals surface area contributed by atoms with Crippen molar-refractivity contribution in [1.82, 2.24) is 5.32 Å². The highest BCUT2D eigenvalue weighted by Crippen LogP contribution is 2.30. The van der Waals surface area contributed by atoms with Crippen LogP contribution in [0.1, 0.15) is 0 Å². The third-order valence-electron chi connectivity index (χ3n) is 3.56. The largest absolute Gasteiger partial charge is 0.486 e. The number of rotatable bonds is 7. The molecule has 0 saturated heterocycles. The Balaban J connectivity index is 1.32. The molecule has 0 fully saturated rings.